The Morgan fingerprint density at radius 2 is 1.70 bits per heavy atom. The lowest BCUT2D eigenvalue weighted by molar-refractivity contribution is -0.134. The summed E-state index contributed by atoms with van der Waals surface area (Å²) in [5, 5.41) is 10.7. The number of carbonyl (C=O) groups is 3. The second-order valence-corrected chi connectivity index (χ2v) is 14.8. The Labute approximate surface area is 287 Å². The summed E-state index contributed by atoms with van der Waals surface area (Å²) in [6.45, 7) is 9.35. The first-order valence-corrected chi connectivity index (χ1v) is 18.4. The number of anilines is 2. The highest BCUT2D eigenvalue weighted by molar-refractivity contribution is 7.08. The Kier molecular flexibility index (Phi) is 10.8. The van der Waals surface area contributed by atoms with Crippen molar-refractivity contribution in [1.29, 1.82) is 0 Å². The second-order valence-electron chi connectivity index (χ2n) is 13.7. The van der Waals surface area contributed by atoms with Gasteiger partial charge in [0.2, 0.25) is 5.91 Å². The number of likely N-dealkylation sites (N-methyl/N-ethyl adjacent to an activating group) is 1. The molecule has 4 aliphatic heterocycles. The van der Waals surface area contributed by atoms with E-state index >= 15 is 0 Å². The summed E-state index contributed by atoms with van der Waals surface area (Å²) in [6, 6.07) is 3.26. The Bertz CT molecular complexity index is 1420. The van der Waals surface area contributed by atoms with Gasteiger partial charge in [-0.1, -0.05) is 17.7 Å². The molecule has 5 heterocycles. The third-order valence-electron chi connectivity index (χ3n) is 10.5. The molecule has 3 saturated heterocycles. The summed E-state index contributed by atoms with van der Waals surface area (Å²) in [6.07, 6.45) is 5.59. The fraction of sp³-hybridized carbons (Fsp3) is 0.618. The number of urea groups is 2. The van der Waals surface area contributed by atoms with Gasteiger partial charge in [-0.3, -0.25) is 9.69 Å². The van der Waals surface area contributed by atoms with Crippen LogP contribution in [0, 0.1) is 6.92 Å². The van der Waals surface area contributed by atoms with Crippen LogP contribution in [0.5, 0.6) is 0 Å². The number of nitrogens with zero attached hydrogens (tertiary/aromatic N) is 5. The monoisotopic (exact) mass is 684 g/mol. The number of nitrogen functional groups attached to an aromatic ring is 1. The molecule has 1 aromatic heterocycles. The smallest absolute Gasteiger partial charge is 0.322 e. The molecule has 13 heteroatoms. The molecule has 6 rings (SSSR count). The average Bonchev–Trinajstić information content (AvgIpc) is 3.30. The van der Waals surface area contributed by atoms with Gasteiger partial charge >= 0.3 is 12.1 Å². The fourth-order valence-corrected chi connectivity index (χ4v) is 8.72. The van der Waals surface area contributed by atoms with Gasteiger partial charge in [0.1, 0.15) is 6.04 Å². The van der Waals surface area contributed by atoms with Gasteiger partial charge in [-0.2, -0.15) is 0 Å². The number of carbonyl (C=O) groups excluding carboxylic acids is 3. The number of fused-ring (bicyclic) bond motifs is 1. The largest absolute Gasteiger partial charge is 0.397 e. The van der Waals surface area contributed by atoms with E-state index in [0.29, 0.717) is 68.7 Å². The minimum atomic E-state index is -0.724. The van der Waals surface area contributed by atoms with Gasteiger partial charge in [0.15, 0.2) is 0 Å². The van der Waals surface area contributed by atoms with Crippen LogP contribution in [0.3, 0.4) is 0 Å². The third-order valence-corrected chi connectivity index (χ3v) is 11.6. The molecule has 4 aliphatic rings. The van der Waals surface area contributed by atoms with Crippen molar-refractivity contribution in [3.63, 3.8) is 0 Å². The quantitative estimate of drug-likeness (QED) is 0.395. The number of hydrogen-bond acceptors (Lipinski definition) is 7. The van der Waals surface area contributed by atoms with Gasteiger partial charge in [0.25, 0.3) is 0 Å². The molecule has 256 valence electrons. The molecule has 0 saturated carbocycles. The van der Waals surface area contributed by atoms with Crippen LogP contribution in [0.25, 0.3) is 0 Å². The molecule has 4 N–H and O–H groups in total. The predicted molar refractivity (Wildman–Crippen MR) is 188 cm³/mol. The summed E-state index contributed by atoms with van der Waals surface area (Å²) in [5.41, 5.74) is 10.4. The van der Waals surface area contributed by atoms with E-state index in [-0.39, 0.29) is 24.0 Å². The van der Waals surface area contributed by atoms with Crippen molar-refractivity contribution in [2.24, 2.45) is 0 Å². The number of nitrogens with two attached hydrogens (primary N) is 1. The maximum absolute atomic E-state index is 14.1. The maximum Gasteiger partial charge on any atom is 0.322 e. The molecule has 11 nitrogen and oxygen atoms in total. The van der Waals surface area contributed by atoms with E-state index in [1.165, 1.54) is 12.0 Å². The van der Waals surface area contributed by atoms with Crippen LogP contribution in [0.1, 0.15) is 48.8 Å². The van der Waals surface area contributed by atoms with Crippen molar-refractivity contribution in [2.75, 3.05) is 77.0 Å². The van der Waals surface area contributed by atoms with E-state index in [1.54, 1.807) is 22.3 Å². The molecule has 0 unspecified atom stereocenters. The molecule has 5 amide bonds. The summed E-state index contributed by atoms with van der Waals surface area (Å²) < 4.78 is 0. The van der Waals surface area contributed by atoms with Gasteiger partial charge in [-0.05, 0) is 93.7 Å². The normalized spacial score (nSPS) is 21.5. The highest BCUT2D eigenvalue weighted by Gasteiger charge is 2.35. The van der Waals surface area contributed by atoms with E-state index in [0.717, 1.165) is 62.3 Å². The topological polar surface area (TPSA) is 117 Å². The highest BCUT2D eigenvalue weighted by atomic mass is 35.5. The first kappa shape index (κ1) is 33.8. The Balaban J connectivity index is 1.08. The number of aryl methyl sites for hydroxylation is 1. The van der Waals surface area contributed by atoms with Crippen LogP contribution in [-0.2, 0) is 17.6 Å². The summed E-state index contributed by atoms with van der Waals surface area (Å²) in [4.78, 5) is 51.4. The molecule has 0 aliphatic carbocycles. The first-order chi connectivity index (χ1) is 22.7. The lowest BCUT2D eigenvalue weighted by Crippen LogP contribution is -2.57. The number of hydrogen-bond donors (Lipinski definition) is 3. The van der Waals surface area contributed by atoms with E-state index < -0.39 is 6.04 Å². The molecule has 1 aromatic carbocycles. The van der Waals surface area contributed by atoms with Gasteiger partial charge in [0, 0.05) is 69.7 Å². The number of thiophene rings is 1. The van der Waals surface area contributed by atoms with Gasteiger partial charge in [-0.15, -0.1) is 11.3 Å². The van der Waals surface area contributed by atoms with Crippen molar-refractivity contribution in [3.05, 3.63) is 44.6 Å². The minimum absolute atomic E-state index is 0.0542. The zero-order valence-corrected chi connectivity index (χ0v) is 29.3. The zero-order chi connectivity index (χ0) is 33.1. The molecular formula is C34H49ClN8O3S. The van der Waals surface area contributed by atoms with Crippen LogP contribution in [0.2, 0.25) is 5.02 Å². The number of rotatable bonds is 6. The second kappa shape index (κ2) is 15.0. The van der Waals surface area contributed by atoms with Crippen LogP contribution < -0.4 is 16.4 Å². The SMILES string of the molecule is Cc1cc(C[C@@H](NC(=O)N2CCC(N3CCc4cscc4NC3=O)CC2)C(=O)N2CCC(N3CCCN(C)CC3)CC2)cc(Cl)c1N. The molecule has 0 bridgehead atoms. The van der Waals surface area contributed by atoms with Crippen molar-refractivity contribution < 1.29 is 14.4 Å². The number of nitrogens with one attached hydrogen (secondary N) is 2. The van der Waals surface area contributed by atoms with Crippen molar-refractivity contribution in [2.45, 2.75) is 70.0 Å². The third kappa shape index (κ3) is 7.98. The standard InChI is InChI=1S/C34H49ClN8O3S/c1-23-18-24(19-28(35)31(23)36)20-29(32(44)41-11-5-26(6-12-41)40-10-3-9-39(2)16-17-40)37-33(45)42-13-7-27(8-14-42)43-15-4-25-21-47-22-30(25)38-34(43)46/h18-19,21-22,26-27,29H,3-17,20,36H2,1-2H3,(H,37,45)(H,38,46)/t29-/m1/s1. The Morgan fingerprint density at radius 1 is 0.979 bits per heavy atom. The van der Waals surface area contributed by atoms with Gasteiger partial charge in [0.05, 0.1) is 16.4 Å². The molecule has 2 aromatic rings. The Hall–Kier alpha value is -3.06. The van der Waals surface area contributed by atoms with E-state index in [4.69, 9.17) is 17.3 Å². The lowest BCUT2D eigenvalue weighted by atomic mass is 9.98. The molecule has 0 radical (unpaired) electrons. The fourth-order valence-electron chi connectivity index (χ4n) is 7.61. The number of benzene rings is 1. The molecular weight excluding hydrogens is 636 g/mol. The lowest BCUT2D eigenvalue weighted by Gasteiger charge is -2.40. The number of likely N-dealkylation sites (tertiary alicyclic amines) is 2. The maximum atomic E-state index is 14.1. The highest BCUT2D eigenvalue weighted by Crippen LogP contribution is 2.28. The van der Waals surface area contributed by atoms with Crippen LogP contribution in [-0.4, -0.2) is 127 Å². The number of amides is 5. The molecule has 0 spiro atoms. The van der Waals surface area contributed by atoms with Crippen molar-refractivity contribution >= 4 is 52.3 Å². The summed E-state index contributed by atoms with van der Waals surface area (Å²) in [7, 11) is 2.19. The first-order valence-electron chi connectivity index (χ1n) is 17.1. The molecule has 1 atom stereocenters. The van der Waals surface area contributed by atoms with Gasteiger partial charge in [-0.25, -0.2) is 9.59 Å². The zero-order valence-electron chi connectivity index (χ0n) is 27.7. The van der Waals surface area contributed by atoms with Gasteiger partial charge < -0.3 is 36.0 Å². The minimum Gasteiger partial charge on any atom is -0.397 e. The van der Waals surface area contributed by atoms with E-state index in [9.17, 15) is 14.4 Å². The molecule has 3 fully saturated rings. The van der Waals surface area contributed by atoms with E-state index in [2.05, 4.69) is 32.9 Å². The van der Waals surface area contributed by atoms with Crippen molar-refractivity contribution in [3.8, 4) is 0 Å². The van der Waals surface area contributed by atoms with E-state index in [1.807, 2.05) is 28.2 Å². The summed E-state index contributed by atoms with van der Waals surface area (Å²) >= 11 is 8.04. The number of halogens is 1. The van der Waals surface area contributed by atoms with Crippen LogP contribution in [0.15, 0.2) is 22.9 Å². The average molecular weight is 685 g/mol. The van der Waals surface area contributed by atoms with Crippen LogP contribution in [0.4, 0.5) is 21.0 Å². The predicted octanol–water partition coefficient (Wildman–Crippen LogP) is 4.10. The molecule has 47 heavy (non-hydrogen) atoms. The van der Waals surface area contributed by atoms with Crippen LogP contribution >= 0.6 is 22.9 Å². The Morgan fingerprint density at radius 3 is 2.45 bits per heavy atom. The summed E-state index contributed by atoms with van der Waals surface area (Å²) in [5.74, 6) is -0.0542. The van der Waals surface area contributed by atoms with Crippen molar-refractivity contribution in [1.82, 2.24) is 29.8 Å². The number of piperidine rings is 2.